The molecule has 0 unspecified atom stereocenters. The highest BCUT2D eigenvalue weighted by molar-refractivity contribution is 7.99. The van der Waals surface area contributed by atoms with Gasteiger partial charge >= 0.3 is 0 Å². The molecule has 2 nitrogen and oxygen atoms in total. The number of hydrogen-bond donors (Lipinski definition) is 2. The molecule has 0 spiro atoms. The Morgan fingerprint density at radius 1 is 1.00 bits per heavy atom. The lowest BCUT2D eigenvalue weighted by Crippen LogP contribution is -2.46. The zero-order chi connectivity index (χ0) is 12.0. The molecule has 1 saturated heterocycles. The fourth-order valence-electron chi connectivity index (χ4n) is 2.92. The number of thioether (sulfide) groups is 1. The van der Waals surface area contributed by atoms with Gasteiger partial charge in [0, 0.05) is 12.6 Å². The highest BCUT2D eigenvalue weighted by atomic mass is 32.2. The Kier molecular flexibility index (Phi) is 5.64. The van der Waals surface area contributed by atoms with Crippen LogP contribution in [0.2, 0.25) is 0 Å². The lowest BCUT2D eigenvalue weighted by molar-refractivity contribution is 0.0287. The smallest absolute Gasteiger partial charge is 0.0787 e. The van der Waals surface area contributed by atoms with Gasteiger partial charge in [-0.3, -0.25) is 0 Å². The SMILES string of the molecule is OC1(CNC2CCCCCCC2)CCSCC1. The molecule has 0 atom stereocenters. The van der Waals surface area contributed by atoms with E-state index >= 15 is 0 Å². The van der Waals surface area contributed by atoms with Crippen molar-refractivity contribution in [1.82, 2.24) is 5.32 Å². The monoisotopic (exact) mass is 257 g/mol. The predicted octanol–water partition coefficient (Wildman–Crippen LogP) is 2.95. The topological polar surface area (TPSA) is 32.3 Å². The average Bonchev–Trinajstić information content (AvgIpc) is 2.28. The summed E-state index contributed by atoms with van der Waals surface area (Å²) in [5.41, 5.74) is -0.409. The van der Waals surface area contributed by atoms with Crippen LogP contribution in [0.15, 0.2) is 0 Å². The van der Waals surface area contributed by atoms with E-state index in [0.29, 0.717) is 6.04 Å². The van der Waals surface area contributed by atoms with Gasteiger partial charge in [-0.2, -0.15) is 11.8 Å². The average molecular weight is 257 g/mol. The van der Waals surface area contributed by atoms with Gasteiger partial charge in [0.15, 0.2) is 0 Å². The van der Waals surface area contributed by atoms with Gasteiger partial charge < -0.3 is 10.4 Å². The lowest BCUT2D eigenvalue weighted by Gasteiger charge is -2.34. The molecule has 1 aliphatic heterocycles. The van der Waals surface area contributed by atoms with E-state index in [1.54, 1.807) is 0 Å². The Morgan fingerprint density at radius 3 is 2.24 bits per heavy atom. The zero-order valence-corrected chi connectivity index (χ0v) is 11.7. The summed E-state index contributed by atoms with van der Waals surface area (Å²) < 4.78 is 0. The minimum absolute atomic E-state index is 0.409. The Morgan fingerprint density at radius 2 is 1.59 bits per heavy atom. The second-order valence-electron chi connectivity index (χ2n) is 5.76. The second-order valence-corrected chi connectivity index (χ2v) is 6.98. The van der Waals surface area contributed by atoms with Crippen LogP contribution < -0.4 is 5.32 Å². The summed E-state index contributed by atoms with van der Waals surface area (Å²) in [6.45, 7) is 0.818. The molecule has 2 rings (SSSR count). The first-order chi connectivity index (χ1) is 8.29. The number of rotatable bonds is 3. The first kappa shape index (κ1) is 13.7. The van der Waals surface area contributed by atoms with Crippen LogP contribution in [-0.2, 0) is 0 Å². The molecule has 0 bridgehead atoms. The fourth-order valence-corrected chi connectivity index (χ4v) is 4.18. The van der Waals surface area contributed by atoms with Gasteiger partial charge in [0.05, 0.1) is 5.60 Å². The van der Waals surface area contributed by atoms with Gasteiger partial charge in [-0.05, 0) is 37.2 Å². The predicted molar refractivity (Wildman–Crippen MR) is 75.6 cm³/mol. The fraction of sp³-hybridized carbons (Fsp3) is 1.00. The Balaban J connectivity index is 1.71. The summed E-state index contributed by atoms with van der Waals surface area (Å²) in [5, 5.41) is 14.1. The van der Waals surface area contributed by atoms with E-state index in [9.17, 15) is 5.11 Å². The van der Waals surface area contributed by atoms with Crippen LogP contribution in [0.1, 0.15) is 57.8 Å². The summed E-state index contributed by atoms with van der Waals surface area (Å²) in [5.74, 6) is 2.26. The second kappa shape index (κ2) is 7.01. The molecule has 2 fully saturated rings. The van der Waals surface area contributed by atoms with Crippen molar-refractivity contribution < 1.29 is 5.11 Å². The minimum atomic E-state index is -0.409. The third-order valence-electron chi connectivity index (χ3n) is 4.25. The number of aliphatic hydroxyl groups is 1. The summed E-state index contributed by atoms with van der Waals surface area (Å²) >= 11 is 1.98. The van der Waals surface area contributed by atoms with Crippen molar-refractivity contribution >= 4 is 11.8 Å². The third kappa shape index (κ3) is 4.80. The molecule has 3 heteroatoms. The first-order valence-electron chi connectivity index (χ1n) is 7.32. The summed E-state index contributed by atoms with van der Waals surface area (Å²) in [7, 11) is 0. The minimum Gasteiger partial charge on any atom is -0.389 e. The van der Waals surface area contributed by atoms with Crippen LogP contribution in [0.4, 0.5) is 0 Å². The van der Waals surface area contributed by atoms with Crippen molar-refractivity contribution in [1.29, 1.82) is 0 Å². The van der Waals surface area contributed by atoms with E-state index in [1.165, 1.54) is 44.9 Å². The maximum Gasteiger partial charge on any atom is 0.0787 e. The van der Waals surface area contributed by atoms with Gasteiger partial charge in [-0.1, -0.05) is 32.1 Å². The first-order valence-corrected chi connectivity index (χ1v) is 8.48. The molecule has 1 aliphatic carbocycles. The molecule has 100 valence electrons. The van der Waals surface area contributed by atoms with Gasteiger partial charge in [-0.25, -0.2) is 0 Å². The summed E-state index contributed by atoms with van der Waals surface area (Å²) in [4.78, 5) is 0. The van der Waals surface area contributed by atoms with E-state index in [1.807, 2.05) is 11.8 Å². The van der Waals surface area contributed by atoms with Crippen LogP contribution in [0, 0.1) is 0 Å². The maximum absolute atomic E-state index is 10.5. The van der Waals surface area contributed by atoms with E-state index in [2.05, 4.69) is 5.32 Å². The molecular weight excluding hydrogens is 230 g/mol. The summed E-state index contributed by atoms with van der Waals surface area (Å²) in [6.07, 6.45) is 11.5. The van der Waals surface area contributed by atoms with Crippen molar-refractivity contribution in [3.8, 4) is 0 Å². The molecular formula is C14H27NOS. The Hall–Kier alpha value is 0.270. The van der Waals surface area contributed by atoms with Crippen molar-refractivity contribution in [2.75, 3.05) is 18.1 Å². The molecule has 0 amide bonds. The van der Waals surface area contributed by atoms with Crippen LogP contribution in [-0.4, -0.2) is 34.8 Å². The molecule has 0 aromatic rings. The van der Waals surface area contributed by atoms with E-state index in [-0.39, 0.29) is 0 Å². The van der Waals surface area contributed by atoms with E-state index < -0.39 is 5.60 Å². The molecule has 0 aromatic carbocycles. The van der Waals surface area contributed by atoms with Gasteiger partial charge in [0.1, 0.15) is 0 Å². The molecule has 0 aromatic heterocycles. The number of hydrogen-bond acceptors (Lipinski definition) is 3. The van der Waals surface area contributed by atoms with Crippen LogP contribution in [0.5, 0.6) is 0 Å². The summed E-state index contributed by atoms with van der Waals surface area (Å²) in [6, 6.07) is 0.661. The molecule has 1 heterocycles. The third-order valence-corrected chi connectivity index (χ3v) is 5.23. The molecule has 0 radical (unpaired) electrons. The Bertz CT molecular complexity index is 208. The van der Waals surface area contributed by atoms with Gasteiger partial charge in [-0.15, -0.1) is 0 Å². The van der Waals surface area contributed by atoms with Crippen molar-refractivity contribution in [2.45, 2.75) is 69.4 Å². The van der Waals surface area contributed by atoms with E-state index in [4.69, 9.17) is 0 Å². The molecule has 1 saturated carbocycles. The van der Waals surface area contributed by atoms with Crippen LogP contribution in [0.25, 0.3) is 0 Å². The van der Waals surface area contributed by atoms with E-state index in [0.717, 1.165) is 30.9 Å². The van der Waals surface area contributed by atoms with Gasteiger partial charge in [0.2, 0.25) is 0 Å². The largest absolute Gasteiger partial charge is 0.389 e. The highest BCUT2D eigenvalue weighted by Gasteiger charge is 2.29. The van der Waals surface area contributed by atoms with Crippen molar-refractivity contribution in [3.63, 3.8) is 0 Å². The lowest BCUT2D eigenvalue weighted by atomic mass is 9.93. The van der Waals surface area contributed by atoms with Crippen LogP contribution in [0.3, 0.4) is 0 Å². The Labute approximate surface area is 110 Å². The molecule has 17 heavy (non-hydrogen) atoms. The number of nitrogens with one attached hydrogen (secondary N) is 1. The zero-order valence-electron chi connectivity index (χ0n) is 10.9. The standard InChI is InChI=1S/C14H27NOS/c16-14(8-10-17-11-9-14)12-15-13-6-4-2-1-3-5-7-13/h13,15-16H,1-12H2. The maximum atomic E-state index is 10.5. The van der Waals surface area contributed by atoms with Crippen molar-refractivity contribution in [3.05, 3.63) is 0 Å². The van der Waals surface area contributed by atoms with Gasteiger partial charge in [0.25, 0.3) is 0 Å². The highest BCUT2D eigenvalue weighted by Crippen LogP contribution is 2.27. The van der Waals surface area contributed by atoms with Crippen molar-refractivity contribution in [2.24, 2.45) is 0 Å². The molecule has 2 aliphatic rings. The van der Waals surface area contributed by atoms with Crippen LogP contribution >= 0.6 is 11.8 Å². The normalized spacial score (nSPS) is 27.4. The quantitative estimate of drug-likeness (QED) is 0.815. The molecule has 2 N–H and O–H groups in total.